The van der Waals surface area contributed by atoms with Crippen molar-refractivity contribution in [2.75, 3.05) is 0 Å². The summed E-state index contributed by atoms with van der Waals surface area (Å²) in [6.45, 7) is 7.50. The molecule has 25 heavy (non-hydrogen) atoms. The molecule has 136 valence electrons. The van der Waals surface area contributed by atoms with Gasteiger partial charge in [0.2, 0.25) is 0 Å². The highest BCUT2D eigenvalue weighted by atomic mass is 16.6. The molecule has 5 atom stereocenters. The van der Waals surface area contributed by atoms with E-state index in [2.05, 4.69) is 6.58 Å². The van der Waals surface area contributed by atoms with E-state index < -0.39 is 29.9 Å². The third-order valence-corrected chi connectivity index (χ3v) is 5.34. The molecule has 0 spiro atoms. The summed E-state index contributed by atoms with van der Waals surface area (Å²) < 4.78 is 11.2. The summed E-state index contributed by atoms with van der Waals surface area (Å²) in [7, 11) is 0. The Hall–Kier alpha value is -1.79. The molecule has 3 aliphatic rings. The van der Waals surface area contributed by atoms with Gasteiger partial charge in [0.15, 0.2) is 5.78 Å². The summed E-state index contributed by atoms with van der Waals surface area (Å²) in [6.07, 6.45) is 0.187. The minimum absolute atomic E-state index is 0.0541. The summed E-state index contributed by atoms with van der Waals surface area (Å²) >= 11 is 0. The van der Waals surface area contributed by atoms with E-state index in [0.29, 0.717) is 6.42 Å². The van der Waals surface area contributed by atoms with E-state index in [1.165, 1.54) is 0 Å². The zero-order chi connectivity index (χ0) is 18.4. The average molecular weight is 348 g/mol. The summed E-state index contributed by atoms with van der Waals surface area (Å²) in [4.78, 5) is 36.8. The van der Waals surface area contributed by atoms with E-state index in [0.717, 1.165) is 5.57 Å². The van der Waals surface area contributed by atoms with Crippen LogP contribution in [-0.2, 0) is 23.9 Å². The number of aliphatic hydroxyl groups excluding tert-OH is 1. The molecule has 0 radical (unpaired) electrons. The lowest BCUT2D eigenvalue weighted by Gasteiger charge is -2.27. The minimum Gasteiger partial charge on any atom is -0.456 e. The zero-order valence-electron chi connectivity index (χ0n) is 14.6. The second kappa shape index (κ2) is 6.50. The highest BCUT2D eigenvalue weighted by Crippen LogP contribution is 2.38. The molecule has 0 aliphatic carbocycles. The van der Waals surface area contributed by atoms with Crippen LogP contribution in [0.2, 0.25) is 0 Å². The van der Waals surface area contributed by atoms with Gasteiger partial charge in [-0.2, -0.15) is 0 Å². The molecule has 0 amide bonds. The monoisotopic (exact) mass is 348 g/mol. The number of esters is 1. The van der Waals surface area contributed by atoms with E-state index in [9.17, 15) is 19.5 Å². The highest BCUT2D eigenvalue weighted by Gasteiger charge is 2.49. The second-order valence-corrected chi connectivity index (χ2v) is 7.68. The molecule has 4 bridgehead atoms. The Morgan fingerprint density at radius 3 is 2.72 bits per heavy atom. The van der Waals surface area contributed by atoms with E-state index in [1.54, 1.807) is 13.0 Å². The fraction of sp³-hybridized carbons (Fsp3) is 0.632. The van der Waals surface area contributed by atoms with Crippen molar-refractivity contribution in [1.82, 2.24) is 0 Å². The number of rotatable bonds is 1. The van der Waals surface area contributed by atoms with Gasteiger partial charge in [-0.3, -0.25) is 9.59 Å². The van der Waals surface area contributed by atoms with Crippen LogP contribution in [-0.4, -0.2) is 46.6 Å². The number of ether oxygens (including phenoxy) is 2. The first kappa shape index (κ1) is 18.0. The van der Waals surface area contributed by atoms with Crippen molar-refractivity contribution in [2.24, 2.45) is 5.92 Å². The molecular formula is C19H24O6. The van der Waals surface area contributed by atoms with Crippen molar-refractivity contribution in [3.8, 4) is 0 Å². The number of carbonyl (C=O) groups is 3. The van der Waals surface area contributed by atoms with E-state index in [4.69, 9.17) is 9.47 Å². The summed E-state index contributed by atoms with van der Waals surface area (Å²) in [5.41, 5.74) is 0.194. The van der Waals surface area contributed by atoms with Crippen LogP contribution in [0.4, 0.5) is 0 Å². The predicted molar refractivity (Wildman–Crippen MR) is 88.7 cm³/mol. The summed E-state index contributed by atoms with van der Waals surface area (Å²) in [5, 5.41) is 10.5. The molecule has 1 N–H and O–H groups in total. The van der Waals surface area contributed by atoms with E-state index in [1.807, 2.05) is 6.92 Å². The summed E-state index contributed by atoms with van der Waals surface area (Å²) in [6, 6.07) is 0. The first-order valence-corrected chi connectivity index (χ1v) is 8.65. The Morgan fingerprint density at radius 1 is 1.32 bits per heavy atom. The quantitative estimate of drug-likeness (QED) is 0.572. The molecule has 3 aliphatic heterocycles. The largest absolute Gasteiger partial charge is 0.456 e. The van der Waals surface area contributed by atoms with E-state index in [-0.39, 0.29) is 48.7 Å². The number of hydrogen-bond donors (Lipinski definition) is 1. The topological polar surface area (TPSA) is 89.9 Å². The van der Waals surface area contributed by atoms with Crippen LogP contribution in [0.5, 0.6) is 0 Å². The molecule has 3 heterocycles. The van der Waals surface area contributed by atoms with Crippen LogP contribution in [0.3, 0.4) is 0 Å². The Morgan fingerprint density at radius 2 is 2.04 bits per heavy atom. The fourth-order valence-electron chi connectivity index (χ4n) is 3.88. The van der Waals surface area contributed by atoms with Crippen LogP contribution < -0.4 is 0 Å². The van der Waals surface area contributed by atoms with Gasteiger partial charge in [0.05, 0.1) is 11.2 Å². The highest BCUT2D eigenvalue weighted by molar-refractivity contribution is 5.93. The lowest BCUT2D eigenvalue weighted by molar-refractivity contribution is -0.144. The number of fused-ring (bicyclic) bond motifs is 4. The summed E-state index contributed by atoms with van der Waals surface area (Å²) in [5.74, 6) is -0.871. The lowest BCUT2D eigenvalue weighted by Crippen LogP contribution is -2.35. The Balaban J connectivity index is 1.94. The van der Waals surface area contributed by atoms with Crippen molar-refractivity contribution < 1.29 is 29.0 Å². The first-order chi connectivity index (χ1) is 11.7. The molecule has 0 unspecified atom stereocenters. The van der Waals surface area contributed by atoms with Crippen LogP contribution in [0.25, 0.3) is 0 Å². The number of allylic oxidation sites excluding steroid dienone is 2. The SMILES string of the molecule is C=C(C)[C@H]1C/C=C2/C(=O)O[C@H](C[C@@]3(C)CC(=O)[C@H](CC(=O)C1)O3)[C@@H]2O. The molecule has 3 rings (SSSR count). The Kier molecular flexibility index (Phi) is 4.68. The van der Waals surface area contributed by atoms with Crippen LogP contribution in [0, 0.1) is 5.92 Å². The number of Topliss-reactive ketones (excluding diaryl/α,β-unsaturated/α-hetero) is 2. The molecular weight excluding hydrogens is 324 g/mol. The van der Waals surface area contributed by atoms with E-state index >= 15 is 0 Å². The number of ketones is 2. The third kappa shape index (κ3) is 3.60. The fourth-order valence-corrected chi connectivity index (χ4v) is 3.88. The van der Waals surface area contributed by atoms with Gasteiger partial charge in [0.25, 0.3) is 0 Å². The maximum Gasteiger partial charge on any atom is 0.336 e. The van der Waals surface area contributed by atoms with Gasteiger partial charge >= 0.3 is 5.97 Å². The molecule has 0 saturated carbocycles. The van der Waals surface area contributed by atoms with Gasteiger partial charge in [0.1, 0.15) is 24.1 Å². The molecule has 2 fully saturated rings. The minimum atomic E-state index is -1.05. The van der Waals surface area contributed by atoms with Crippen LogP contribution in [0.1, 0.15) is 46.0 Å². The van der Waals surface area contributed by atoms with Crippen LogP contribution in [0.15, 0.2) is 23.8 Å². The second-order valence-electron chi connectivity index (χ2n) is 7.68. The number of aliphatic hydroxyl groups is 1. The maximum absolute atomic E-state index is 12.4. The molecule has 6 nitrogen and oxygen atoms in total. The van der Waals surface area contributed by atoms with Crippen molar-refractivity contribution >= 4 is 17.5 Å². The number of carbonyl (C=O) groups excluding carboxylic acids is 3. The zero-order valence-corrected chi connectivity index (χ0v) is 14.6. The predicted octanol–water partition coefficient (Wildman–Crippen LogP) is 1.65. The Bertz CT molecular complexity index is 663. The van der Waals surface area contributed by atoms with Gasteiger partial charge in [-0.25, -0.2) is 4.79 Å². The van der Waals surface area contributed by atoms with Gasteiger partial charge in [-0.15, -0.1) is 0 Å². The van der Waals surface area contributed by atoms with Gasteiger partial charge in [-0.05, 0) is 26.2 Å². The van der Waals surface area contributed by atoms with Gasteiger partial charge in [-0.1, -0.05) is 18.2 Å². The third-order valence-electron chi connectivity index (χ3n) is 5.34. The molecule has 2 saturated heterocycles. The standard InChI is InChI=1S/C19H24O6/c1-10(2)11-4-5-13-17(22)16(24-18(13)23)9-19(3)8-14(21)15(25-19)7-12(20)6-11/h5,11,15-17,22H,1,4,6-9H2,2-3H3/b13-5+/t11-,15-,16+,17+,19+/m0/s1. The van der Waals surface area contributed by atoms with Crippen molar-refractivity contribution in [3.05, 3.63) is 23.8 Å². The van der Waals surface area contributed by atoms with Gasteiger partial charge < -0.3 is 14.6 Å². The molecule has 0 aromatic heterocycles. The molecule has 0 aromatic rings. The lowest BCUT2D eigenvalue weighted by atomic mass is 9.87. The smallest absolute Gasteiger partial charge is 0.336 e. The van der Waals surface area contributed by atoms with Crippen molar-refractivity contribution in [3.63, 3.8) is 0 Å². The average Bonchev–Trinajstić information content (AvgIpc) is 2.91. The van der Waals surface area contributed by atoms with Gasteiger partial charge in [0, 0.05) is 25.7 Å². The van der Waals surface area contributed by atoms with Crippen molar-refractivity contribution in [1.29, 1.82) is 0 Å². The van der Waals surface area contributed by atoms with Crippen LogP contribution >= 0.6 is 0 Å². The number of hydrogen-bond acceptors (Lipinski definition) is 6. The van der Waals surface area contributed by atoms with Crippen molar-refractivity contribution in [2.45, 2.75) is 69.9 Å². The molecule has 0 aromatic carbocycles. The maximum atomic E-state index is 12.4. The Labute approximate surface area is 146 Å². The first-order valence-electron chi connectivity index (χ1n) is 8.65. The molecule has 6 heteroatoms. The normalized spacial score (nSPS) is 41.2.